The molecule has 6 heteroatoms. The molecule has 3 aromatic carbocycles. The number of hydrogen-bond donors (Lipinski definition) is 3. The van der Waals surface area contributed by atoms with Crippen molar-refractivity contribution in [2.24, 2.45) is 0 Å². The third-order valence-electron chi connectivity index (χ3n) is 4.29. The van der Waals surface area contributed by atoms with Crippen molar-refractivity contribution in [3.8, 4) is 0 Å². The van der Waals surface area contributed by atoms with Crippen LogP contribution in [-0.2, 0) is 16.0 Å². The van der Waals surface area contributed by atoms with Gasteiger partial charge in [-0.2, -0.15) is 0 Å². The first-order valence-corrected chi connectivity index (χ1v) is 9.08. The van der Waals surface area contributed by atoms with Gasteiger partial charge in [0, 0.05) is 10.7 Å². The molecule has 0 fully saturated rings. The lowest BCUT2D eigenvalue weighted by atomic mass is 9.90. The molecular formula is C22H19ClN2O3. The van der Waals surface area contributed by atoms with Crippen molar-refractivity contribution in [1.29, 1.82) is 0 Å². The molecule has 0 aromatic heterocycles. The summed E-state index contributed by atoms with van der Waals surface area (Å²) in [6.07, 6.45) is 0.209. The second kappa shape index (κ2) is 9.17. The average Bonchev–Trinajstić information content (AvgIpc) is 2.71. The predicted molar refractivity (Wildman–Crippen MR) is 108 cm³/mol. The molecule has 0 spiro atoms. The molecule has 3 rings (SSSR count). The SMILES string of the molecule is O=C(Cc1ccc(Cl)cc1)Nc1cccc(C(C(=O)NO)c2ccccc2)c1. The molecule has 0 aliphatic rings. The fraction of sp³-hybridized carbons (Fsp3) is 0.0909. The van der Waals surface area contributed by atoms with Gasteiger partial charge in [0.25, 0.3) is 5.91 Å². The van der Waals surface area contributed by atoms with E-state index in [9.17, 15) is 9.59 Å². The van der Waals surface area contributed by atoms with Crippen molar-refractivity contribution in [2.45, 2.75) is 12.3 Å². The third-order valence-corrected chi connectivity index (χ3v) is 4.54. The molecule has 1 atom stereocenters. The van der Waals surface area contributed by atoms with Crippen LogP contribution in [0, 0.1) is 0 Å². The Morgan fingerprint density at radius 2 is 1.57 bits per heavy atom. The van der Waals surface area contributed by atoms with Crippen LogP contribution in [0.15, 0.2) is 78.9 Å². The van der Waals surface area contributed by atoms with E-state index in [2.05, 4.69) is 5.32 Å². The minimum atomic E-state index is -0.695. The second-order valence-corrected chi connectivity index (χ2v) is 6.73. The number of rotatable bonds is 6. The Kier molecular flexibility index (Phi) is 6.42. The Balaban J connectivity index is 1.79. The van der Waals surface area contributed by atoms with E-state index in [0.29, 0.717) is 16.3 Å². The van der Waals surface area contributed by atoms with Crippen molar-refractivity contribution in [1.82, 2.24) is 5.48 Å². The minimum absolute atomic E-state index is 0.178. The van der Waals surface area contributed by atoms with E-state index < -0.39 is 11.8 Å². The molecule has 0 saturated heterocycles. The third kappa shape index (κ3) is 4.97. The standard InChI is InChI=1S/C22H19ClN2O3/c23-18-11-9-15(10-12-18)13-20(26)24-19-8-4-7-17(14-19)21(22(27)25-28)16-5-2-1-3-6-16/h1-12,14,21,28H,13H2,(H,24,26)(H,25,27). The van der Waals surface area contributed by atoms with E-state index in [4.69, 9.17) is 16.8 Å². The smallest absolute Gasteiger partial charge is 0.255 e. The summed E-state index contributed by atoms with van der Waals surface area (Å²) in [7, 11) is 0. The molecule has 28 heavy (non-hydrogen) atoms. The van der Waals surface area contributed by atoms with Crippen LogP contribution in [0.2, 0.25) is 5.02 Å². The highest BCUT2D eigenvalue weighted by atomic mass is 35.5. The quantitative estimate of drug-likeness (QED) is 0.434. The van der Waals surface area contributed by atoms with Gasteiger partial charge < -0.3 is 5.32 Å². The first-order chi connectivity index (χ1) is 13.6. The van der Waals surface area contributed by atoms with Gasteiger partial charge in [-0.25, -0.2) is 5.48 Å². The molecule has 0 bridgehead atoms. The van der Waals surface area contributed by atoms with Gasteiger partial charge in [-0.05, 0) is 41.0 Å². The maximum Gasteiger partial charge on any atom is 0.255 e. The molecule has 3 aromatic rings. The number of hydrogen-bond acceptors (Lipinski definition) is 3. The van der Waals surface area contributed by atoms with Crippen molar-refractivity contribution >= 4 is 29.1 Å². The van der Waals surface area contributed by atoms with E-state index in [1.54, 1.807) is 54.0 Å². The van der Waals surface area contributed by atoms with Gasteiger partial charge >= 0.3 is 0 Å². The van der Waals surface area contributed by atoms with Crippen molar-refractivity contribution in [2.75, 3.05) is 5.32 Å². The summed E-state index contributed by atoms with van der Waals surface area (Å²) < 4.78 is 0. The molecule has 0 saturated carbocycles. The molecule has 0 radical (unpaired) electrons. The molecule has 1 unspecified atom stereocenters. The maximum atomic E-state index is 12.3. The van der Waals surface area contributed by atoms with Crippen LogP contribution in [0.4, 0.5) is 5.69 Å². The molecular weight excluding hydrogens is 376 g/mol. The highest BCUT2D eigenvalue weighted by molar-refractivity contribution is 6.30. The second-order valence-electron chi connectivity index (χ2n) is 6.30. The first kappa shape index (κ1) is 19.6. The Labute approximate surface area is 167 Å². The molecule has 0 aliphatic heterocycles. The number of nitrogens with one attached hydrogen (secondary N) is 2. The molecule has 5 nitrogen and oxygen atoms in total. The highest BCUT2D eigenvalue weighted by Gasteiger charge is 2.22. The van der Waals surface area contributed by atoms with Crippen LogP contribution in [0.1, 0.15) is 22.6 Å². The van der Waals surface area contributed by atoms with Gasteiger partial charge in [-0.1, -0.05) is 66.2 Å². The summed E-state index contributed by atoms with van der Waals surface area (Å²) in [6.45, 7) is 0. The van der Waals surface area contributed by atoms with Crippen molar-refractivity contribution in [3.05, 3.63) is 101 Å². The lowest BCUT2D eigenvalue weighted by Gasteiger charge is -2.17. The van der Waals surface area contributed by atoms with Crippen LogP contribution >= 0.6 is 11.6 Å². The maximum absolute atomic E-state index is 12.3. The van der Waals surface area contributed by atoms with Gasteiger partial charge in [0.15, 0.2) is 0 Å². The Morgan fingerprint density at radius 1 is 0.893 bits per heavy atom. The van der Waals surface area contributed by atoms with E-state index >= 15 is 0 Å². The number of benzene rings is 3. The number of carbonyl (C=O) groups is 2. The van der Waals surface area contributed by atoms with E-state index in [1.807, 2.05) is 30.3 Å². The van der Waals surface area contributed by atoms with Crippen LogP contribution < -0.4 is 10.8 Å². The lowest BCUT2D eigenvalue weighted by molar-refractivity contribution is -0.129. The van der Waals surface area contributed by atoms with E-state index in [0.717, 1.165) is 11.1 Å². The van der Waals surface area contributed by atoms with Crippen LogP contribution in [0.3, 0.4) is 0 Å². The minimum Gasteiger partial charge on any atom is -0.326 e. The zero-order valence-electron chi connectivity index (χ0n) is 14.9. The Morgan fingerprint density at radius 3 is 2.25 bits per heavy atom. The number of amides is 2. The highest BCUT2D eigenvalue weighted by Crippen LogP contribution is 2.27. The number of halogens is 1. The Hall–Kier alpha value is -3.15. The fourth-order valence-corrected chi connectivity index (χ4v) is 3.12. The van der Waals surface area contributed by atoms with Gasteiger partial charge in [0.2, 0.25) is 5.91 Å². The summed E-state index contributed by atoms with van der Waals surface area (Å²) in [4.78, 5) is 24.6. The molecule has 2 amide bonds. The molecule has 0 aliphatic carbocycles. The van der Waals surface area contributed by atoms with Crippen LogP contribution in [0.25, 0.3) is 0 Å². The normalized spacial score (nSPS) is 11.5. The van der Waals surface area contributed by atoms with E-state index in [1.165, 1.54) is 0 Å². The summed E-state index contributed by atoms with van der Waals surface area (Å²) in [5, 5.41) is 12.6. The van der Waals surface area contributed by atoms with Gasteiger partial charge in [-0.15, -0.1) is 0 Å². The summed E-state index contributed by atoms with van der Waals surface area (Å²) in [5.74, 6) is -1.42. The zero-order chi connectivity index (χ0) is 19.9. The predicted octanol–water partition coefficient (Wildman–Crippen LogP) is 4.16. The summed E-state index contributed by atoms with van der Waals surface area (Å²) in [5.41, 5.74) is 4.53. The topological polar surface area (TPSA) is 78.4 Å². The first-order valence-electron chi connectivity index (χ1n) is 8.70. The van der Waals surface area contributed by atoms with Crippen molar-refractivity contribution in [3.63, 3.8) is 0 Å². The molecule has 3 N–H and O–H groups in total. The van der Waals surface area contributed by atoms with E-state index in [-0.39, 0.29) is 12.3 Å². The molecule has 142 valence electrons. The van der Waals surface area contributed by atoms with Gasteiger partial charge in [-0.3, -0.25) is 14.8 Å². The van der Waals surface area contributed by atoms with Gasteiger partial charge in [0.05, 0.1) is 12.3 Å². The summed E-state index contributed by atoms with van der Waals surface area (Å²) in [6, 6.07) is 23.2. The number of carbonyl (C=O) groups excluding carboxylic acids is 2. The number of hydroxylamine groups is 1. The average molecular weight is 395 g/mol. The zero-order valence-corrected chi connectivity index (χ0v) is 15.7. The number of anilines is 1. The van der Waals surface area contributed by atoms with Crippen LogP contribution in [0.5, 0.6) is 0 Å². The van der Waals surface area contributed by atoms with Crippen molar-refractivity contribution < 1.29 is 14.8 Å². The summed E-state index contributed by atoms with van der Waals surface area (Å²) >= 11 is 5.86. The largest absolute Gasteiger partial charge is 0.326 e. The fourth-order valence-electron chi connectivity index (χ4n) is 2.99. The molecule has 0 heterocycles. The monoisotopic (exact) mass is 394 g/mol. The van der Waals surface area contributed by atoms with Gasteiger partial charge in [0.1, 0.15) is 0 Å². The van der Waals surface area contributed by atoms with Crippen LogP contribution in [-0.4, -0.2) is 17.0 Å². The Bertz CT molecular complexity index is 959. The lowest BCUT2D eigenvalue weighted by Crippen LogP contribution is -2.27.